The quantitative estimate of drug-likeness (QED) is 0.742. The van der Waals surface area contributed by atoms with E-state index in [0.29, 0.717) is 23.6 Å². The molecule has 0 amide bonds. The molecule has 0 aliphatic rings. The molecule has 2 heterocycles. The molecule has 0 unspecified atom stereocenters. The fourth-order valence-corrected chi connectivity index (χ4v) is 2.94. The molecule has 1 atom stereocenters. The normalized spacial score (nSPS) is 12.4. The summed E-state index contributed by atoms with van der Waals surface area (Å²) in [5, 5.41) is 3.37. The zero-order valence-electron chi connectivity index (χ0n) is 14.8. The summed E-state index contributed by atoms with van der Waals surface area (Å²) < 4.78 is 26.9. The number of hydrogen-bond acceptors (Lipinski definition) is 4. The first kappa shape index (κ1) is 17.2. The van der Waals surface area contributed by atoms with E-state index in [1.807, 2.05) is 42.6 Å². The first-order valence-electron chi connectivity index (χ1n) is 8.12. The third-order valence-electron chi connectivity index (χ3n) is 4.37. The van der Waals surface area contributed by atoms with Gasteiger partial charge in [-0.15, -0.1) is 0 Å². The molecule has 0 aliphatic heterocycles. The molecule has 0 spiro atoms. The lowest BCUT2D eigenvalue weighted by atomic mass is 10.1. The van der Waals surface area contributed by atoms with Crippen molar-refractivity contribution in [1.82, 2.24) is 14.7 Å². The van der Waals surface area contributed by atoms with Crippen molar-refractivity contribution >= 4 is 5.65 Å². The highest BCUT2D eigenvalue weighted by Gasteiger charge is 2.17. The van der Waals surface area contributed by atoms with Crippen molar-refractivity contribution in [3.8, 4) is 11.5 Å². The maximum Gasteiger partial charge on any atom is 0.163 e. The number of nitrogens with zero attached hydrogens (tertiary/aromatic N) is 2. The standard InChI is InChI=1S/C19H22FN3O2/c1-12(14-9-17(24-3)18(25-4)10-15(14)20)21-11-16-13(2)22-19-7-5-6-8-23(16)19/h5-10,12,21H,11H2,1-4H3/t12-/m1/s1. The highest BCUT2D eigenvalue weighted by atomic mass is 19.1. The van der Waals surface area contributed by atoms with Crippen molar-refractivity contribution in [3.05, 3.63) is 59.3 Å². The van der Waals surface area contributed by atoms with E-state index in [9.17, 15) is 4.39 Å². The summed E-state index contributed by atoms with van der Waals surface area (Å²) in [5.41, 5.74) is 3.45. The monoisotopic (exact) mass is 343 g/mol. The second-order valence-electron chi connectivity index (χ2n) is 5.90. The number of rotatable bonds is 6. The molecule has 3 rings (SSSR count). The van der Waals surface area contributed by atoms with Crippen LogP contribution in [0.1, 0.15) is 29.9 Å². The minimum atomic E-state index is -0.326. The van der Waals surface area contributed by atoms with Gasteiger partial charge < -0.3 is 19.2 Å². The Labute approximate surface area is 146 Å². The lowest BCUT2D eigenvalue weighted by Crippen LogP contribution is -2.20. The lowest BCUT2D eigenvalue weighted by Gasteiger charge is -2.17. The number of aromatic nitrogens is 2. The molecule has 25 heavy (non-hydrogen) atoms. The second-order valence-corrected chi connectivity index (χ2v) is 5.90. The summed E-state index contributed by atoms with van der Waals surface area (Å²) in [5.74, 6) is 0.569. The van der Waals surface area contributed by atoms with Crippen LogP contribution in [0.5, 0.6) is 11.5 Å². The number of aryl methyl sites for hydroxylation is 1. The van der Waals surface area contributed by atoms with Crippen molar-refractivity contribution in [2.75, 3.05) is 14.2 Å². The molecule has 0 saturated heterocycles. The summed E-state index contributed by atoms with van der Waals surface area (Å²) in [6.07, 6.45) is 1.98. The Morgan fingerprint density at radius 3 is 2.64 bits per heavy atom. The van der Waals surface area contributed by atoms with Gasteiger partial charge in [0.15, 0.2) is 11.5 Å². The van der Waals surface area contributed by atoms with Gasteiger partial charge in [-0.1, -0.05) is 6.07 Å². The van der Waals surface area contributed by atoms with Gasteiger partial charge in [0.2, 0.25) is 0 Å². The number of hydrogen-bond donors (Lipinski definition) is 1. The molecule has 5 nitrogen and oxygen atoms in total. The number of halogens is 1. The van der Waals surface area contributed by atoms with Crippen LogP contribution in [0.4, 0.5) is 4.39 Å². The maximum atomic E-state index is 14.4. The Bertz CT molecular complexity index is 892. The van der Waals surface area contributed by atoms with Crippen molar-refractivity contribution in [2.45, 2.75) is 26.4 Å². The average molecular weight is 343 g/mol. The Kier molecular flexibility index (Phi) is 4.90. The van der Waals surface area contributed by atoms with Gasteiger partial charge in [-0.05, 0) is 32.0 Å². The van der Waals surface area contributed by atoms with Gasteiger partial charge >= 0.3 is 0 Å². The second kappa shape index (κ2) is 7.11. The van der Waals surface area contributed by atoms with Crippen LogP contribution < -0.4 is 14.8 Å². The van der Waals surface area contributed by atoms with Crippen LogP contribution in [-0.2, 0) is 6.54 Å². The van der Waals surface area contributed by atoms with Gasteiger partial charge in [-0.3, -0.25) is 0 Å². The molecule has 0 fully saturated rings. The first-order valence-corrected chi connectivity index (χ1v) is 8.12. The minimum Gasteiger partial charge on any atom is -0.493 e. The maximum absolute atomic E-state index is 14.4. The SMILES string of the molecule is COc1cc(F)c([C@@H](C)NCc2c(C)nc3ccccn23)cc1OC. The van der Waals surface area contributed by atoms with E-state index in [0.717, 1.165) is 17.0 Å². The number of benzene rings is 1. The Morgan fingerprint density at radius 2 is 1.92 bits per heavy atom. The van der Waals surface area contributed by atoms with E-state index in [4.69, 9.17) is 9.47 Å². The molecule has 2 aromatic heterocycles. The smallest absolute Gasteiger partial charge is 0.163 e. The third-order valence-corrected chi connectivity index (χ3v) is 4.37. The highest BCUT2D eigenvalue weighted by Crippen LogP contribution is 2.32. The van der Waals surface area contributed by atoms with E-state index in [2.05, 4.69) is 10.3 Å². The van der Waals surface area contributed by atoms with E-state index < -0.39 is 0 Å². The van der Waals surface area contributed by atoms with E-state index in [1.165, 1.54) is 13.2 Å². The van der Waals surface area contributed by atoms with Crippen LogP contribution in [0, 0.1) is 12.7 Å². The van der Waals surface area contributed by atoms with Crippen LogP contribution in [-0.4, -0.2) is 23.6 Å². The largest absolute Gasteiger partial charge is 0.493 e. The summed E-state index contributed by atoms with van der Waals surface area (Å²) in [4.78, 5) is 4.54. The fraction of sp³-hybridized carbons (Fsp3) is 0.316. The van der Waals surface area contributed by atoms with E-state index >= 15 is 0 Å². The number of pyridine rings is 1. The van der Waals surface area contributed by atoms with Crippen molar-refractivity contribution in [3.63, 3.8) is 0 Å². The lowest BCUT2D eigenvalue weighted by molar-refractivity contribution is 0.350. The molecule has 0 bridgehead atoms. The summed E-state index contributed by atoms with van der Waals surface area (Å²) in [6.45, 7) is 4.47. The summed E-state index contributed by atoms with van der Waals surface area (Å²) in [6, 6.07) is 8.72. The van der Waals surface area contributed by atoms with Crippen LogP contribution in [0.2, 0.25) is 0 Å². The van der Waals surface area contributed by atoms with Gasteiger partial charge in [0.1, 0.15) is 11.5 Å². The fourth-order valence-electron chi connectivity index (χ4n) is 2.94. The van der Waals surface area contributed by atoms with Gasteiger partial charge in [0, 0.05) is 30.4 Å². The van der Waals surface area contributed by atoms with Crippen molar-refractivity contribution < 1.29 is 13.9 Å². The van der Waals surface area contributed by atoms with Crippen LogP contribution in [0.25, 0.3) is 5.65 Å². The molecule has 1 aromatic carbocycles. The molecular weight excluding hydrogens is 321 g/mol. The van der Waals surface area contributed by atoms with Crippen LogP contribution >= 0.6 is 0 Å². The van der Waals surface area contributed by atoms with Gasteiger partial charge in [0.25, 0.3) is 0 Å². The number of imidazole rings is 1. The molecule has 1 N–H and O–H groups in total. The number of ether oxygens (including phenoxy) is 2. The molecule has 0 saturated carbocycles. The Hall–Kier alpha value is -2.60. The predicted molar refractivity (Wildman–Crippen MR) is 94.7 cm³/mol. The number of nitrogens with one attached hydrogen (secondary N) is 1. The van der Waals surface area contributed by atoms with Crippen molar-refractivity contribution in [2.24, 2.45) is 0 Å². The predicted octanol–water partition coefficient (Wildman–Crippen LogP) is 3.65. The van der Waals surface area contributed by atoms with Gasteiger partial charge in [0.05, 0.1) is 25.6 Å². The summed E-state index contributed by atoms with van der Waals surface area (Å²) >= 11 is 0. The zero-order chi connectivity index (χ0) is 18.0. The van der Waals surface area contributed by atoms with Gasteiger partial charge in [-0.2, -0.15) is 0 Å². The minimum absolute atomic E-state index is 0.200. The topological polar surface area (TPSA) is 47.8 Å². The number of methoxy groups -OCH3 is 2. The summed E-state index contributed by atoms with van der Waals surface area (Å²) in [7, 11) is 3.03. The molecule has 3 aromatic rings. The van der Waals surface area contributed by atoms with Crippen LogP contribution in [0.15, 0.2) is 36.5 Å². The molecule has 6 heteroatoms. The first-order chi connectivity index (χ1) is 12.0. The molecule has 132 valence electrons. The number of fused-ring (bicyclic) bond motifs is 1. The highest BCUT2D eigenvalue weighted by molar-refractivity contribution is 5.45. The average Bonchev–Trinajstić information content (AvgIpc) is 2.94. The van der Waals surface area contributed by atoms with E-state index in [-0.39, 0.29) is 11.9 Å². The van der Waals surface area contributed by atoms with Crippen molar-refractivity contribution in [1.29, 1.82) is 0 Å². The Balaban J connectivity index is 1.83. The Morgan fingerprint density at radius 1 is 1.20 bits per heavy atom. The molecule has 0 radical (unpaired) electrons. The third kappa shape index (κ3) is 3.30. The zero-order valence-corrected chi connectivity index (χ0v) is 14.8. The molecular formula is C19H22FN3O2. The van der Waals surface area contributed by atoms with Gasteiger partial charge in [-0.25, -0.2) is 9.37 Å². The van der Waals surface area contributed by atoms with Crippen LogP contribution in [0.3, 0.4) is 0 Å². The van der Waals surface area contributed by atoms with E-state index in [1.54, 1.807) is 13.2 Å². The molecule has 0 aliphatic carbocycles.